The van der Waals surface area contributed by atoms with E-state index in [2.05, 4.69) is 15.9 Å². The number of methoxy groups -OCH3 is 2. The van der Waals surface area contributed by atoms with E-state index in [1.54, 1.807) is 26.4 Å². The molecule has 0 spiro atoms. The van der Waals surface area contributed by atoms with Crippen LogP contribution in [-0.4, -0.2) is 25.9 Å². The summed E-state index contributed by atoms with van der Waals surface area (Å²) in [6, 6.07) is 3.49. The lowest BCUT2D eigenvalue weighted by atomic mass is 10.1. The quantitative estimate of drug-likeness (QED) is 0.873. The summed E-state index contributed by atoms with van der Waals surface area (Å²) in [4.78, 5) is 0. The average molecular weight is 276 g/mol. The van der Waals surface area contributed by atoms with Crippen LogP contribution >= 0.6 is 15.9 Å². The molecule has 0 radical (unpaired) electrons. The van der Waals surface area contributed by atoms with Gasteiger partial charge in [0.1, 0.15) is 0 Å². The van der Waals surface area contributed by atoms with Crippen molar-refractivity contribution in [3.63, 3.8) is 0 Å². The van der Waals surface area contributed by atoms with E-state index in [1.807, 2.05) is 0 Å². The molecule has 0 heterocycles. The summed E-state index contributed by atoms with van der Waals surface area (Å²) in [6.07, 6.45) is -0.709. The summed E-state index contributed by atoms with van der Waals surface area (Å²) >= 11 is 3.35. The van der Waals surface area contributed by atoms with Crippen molar-refractivity contribution in [2.75, 3.05) is 20.8 Å². The minimum Gasteiger partial charge on any atom is -0.493 e. The molecule has 1 rings (SSSR count). The standard InChI is InChI=1S/C10H14BrNO3/c1-14-8-4-3-6(7(13)5-12)9(11)10(8)15-2/h3-4,7,13H,5,12H2,1-2H3/t7-/m1/s1. The van der Waals surface area contributed by atoms with Crippen LogP contribution in [0.3, 0.4) is 0 Å². The van der Waals surface area contributed by atoms with Crippen LogP contribution in [0.1, 0.15) is 11.7 Å². The van der Waals surface area contributed by atoms with Crippen LogP contribution < -0.4 is 15.2 Å². The summed E-state index contributed by atoms with van der Waals surface area (Å²) in [5.74, 6) is 1.17. The van der Waals surface area contributed by atoms with Crippen LogP contribution in [0, 0.1) is 0 Å². The summed E-state index contributed by atoms with van der Waals surface area (Å²) < 4.78 is 11.0. The maximum atomic E-state index is 9.64. The molecule has 4 nitrogen and oxygen atoms in total. The van der Waals surface area contributed by atoms with E-state index in [0.717, 1.165) is 0 Å². The summed E-state index contributed by atoms with van der Waals surface area (Å²) in [5.41, 5.74) is 6.08. The molecule has 0 aliphatic heterocycles. The third-order valence-electron chi connectivity index (χ3n) is 2.10. The SMILES string of the molecule is COc1ccc([C@H](O)CN)c(Br)c1OC. The lowest BCUT2D eigenvalue weighted by Crippen LogP contribution is -2.12. The molecular formula is C10H14BrNO3. The largest absolute Gasteiger partial charge is 0.493 e. The van der Waals surface area contributed by atoms with Crippen LogP contribution in [0.4, 0.5) is 0 Å². The number of benzene rings is 1. The fourth-order valence-corrected chi connectivity index (χ4v) is 2.04. The van der Waals surface area contributed by atoms with Gasteiger partial charge < -0.3 is 20.3 Å². The van der Waals surface area contributed by atoms with Crippen LogP contribution in [0.5, 0.6) is 11.5 Å². The molecule has 1 aromatic rings. The van der Waals surface area contributed by atoms with Gasteiger partial charge >= 0.3 is 0 Å². The van der Waals surface area contributed by atoms with Crippen molar-refractivity contribution in [1.29, 1.82) is 0 Å². The van der Waals surface area contributed by atoms with E-state index >= 15 is 0 Å². The van der Waals surface area contributed by atoms with Crippen LogP contribution in [-0.2, 0) is 0 Å². The molecule has 0 unspecified atom stereocenters. The fraction of sp³-hybridized carbons (Fsp3) is 0.400. The zero-order chi connectivity index (χ0) is 11.4. The number of nitrogens with two attached hydrogens (primary N) is 1. The molecule has 0 saturated heterocycles. The normalized spacial score (nSPS) is 12.3. The molecule has 0 saturated carbocycles. The van der Waals surface area contributed by atoms with E-state index in [9.17, 15) is 5.11 Å². The molecule has 0 bridgehead atoms. The Morgan fingerprint density at radius 3 is 2.53 bits per heavy atom. The van der Waals surface area contributed by atoms with E-state index in [0.29, 0.717) is 21.5 Å². The second-order valence-corrected chi connectivity index (χ2v) is 3.75. The molecule has 5 heteroatoms. The first-order valence-electron chi connectivity index (χ1n) is 4.44. The maximum absolute atomic E-state index is 9.64. The molecule has 15 heavy (non-hydrogen) atoms. The van der Waals surface area contributed by atoms with Gasteiger partial charge in [0.25, 0.3) is 0 Å². The number of aliphatic hydroxyl groups excluding tert-OH is 1. The van der Waals surface area contributed by atoms with Crippen LogP contribution in [0.2, 0.25) is 0 Å². The van der Waals surface area contributed by atoms with Crippen molar-refractivity contribution >= 4 is 15.9 Å². The number of hydrogen-bond donors (Lipinski definition) is 2. The van der Waals surface area contributed by atoms with E-state index in [-0.39, 0.29) is 6.54 Å². The molecule has 0 aliphatic carbocycles. The van der Waals surface area contributed by atoms with Gasteiger partial charge in [-0.25, -0.2) is 0 Å². The Labute approximate surface area is 97.1 Å². The van der Waals surface area contributed by atoms with Crippen molar-refractivity contribution in [3.05, 3.63) is 22.2 Å². The van der Waals surface area contributed by atoms with Crippen LogP contribution in [0.25, 0.3) is 0 Å². The minimum atomic E-state index is -0.709. The summed E-state index contributed by atoms with van der Waals surface area (Å²) in [7, 11) is 3.10. The fourth-order valence-electron chi connectivity index (χ4n) is 1.29. The molecule has 3 N–H and O–H groups in total. The van der Waals surface area contributed by atoms with Crippen molar-refractivity contribution in [2.45, 2.75) is 6.10 Å². The Balaban J connectivity index is 3.22. The third kappa shape index (κ3) is 2.42. The Morgan fingerprint density at radius 2 is 2.07 bits per heavy atom. The zero-order valence-corrected chi connectivity index (χ0v) is 10.2. The summed E-state index contributed by atoms with van der Waals surface area (Å²) in [5, 5.41) is 9.64. The Bertz CT molecular complexity index is 344. The number of rotatable bonds is 4. The van der Waals surface area contributed by atoms with Gasteiger partial charge in [0.15, 0.2) is 11.5 Å². The van der Waals surface area contributed by atoms with E-state index in [4.69, 9.17) is 15.2 Å². The van der Waals surface area contributed by atoms with Gasteiger partial charge in [-0.2, -0.15) is 0 Å². The van der Waals surface area contributed by atoms with Crippen molar-refractivity contribution in [3.8, 4) is 11.5 Å². The van der Waals surface area contributed by atoms with Gasteiger partial charge in [-0.1, -0.05) is 6.07 Å². The molecular weight excluding hydrogens is 262 g/mol. The van der Waals surface area contributed by atoms with Crippen molar-refractivity contribution in [2.24, 2.45) is 5.73 Å². The molecule has 1 aromatic carbocycles. The van der Waals surface area contributed by atoms with Crippen molar-refractivity contribution < 1.29 is 14.6 Å². The second kappa shape index (κ2) is 5.34. The highest BCUT2D eigenvalue weighted by Gasteiger charge is 2.16. The second-order valence-electron chi connectivity index (χ2n) is 2.96. The number of halogens is 1. The molecule has 0 fully saturated rings. The predicted molar refractivity (Wildman–Crippen MR) is 61.3 cm³/mol. The minimum absolute atomic E-state index is 0.161. The lowest BCUT2D eigenvalue weighted by molar-refractivity contribution is 0.185. The van der Waals surface area contributed by atoms with Gasteiger partial charge in [-0.3, -0.25) is 0 Å². The molecule has 84 valence electrons. The topological polar surface area (TPSA) is 64.7 Å². The average Bonchev–Trinajstić information content (AvgIpc) is 2.27. The monoisotopic (exact) mass is 275 g/mol. The van der Waals surface area contributed by atoms with E-state index in [1.165, 1.54) is 0 Å². The van der Waals surface area contributed by atoms with Gasteiger partial charge in [0.05, 0.1) is 24.8 Å². The predicted octanol–water partition coefficient (Wildman–Crippen LogP) is 1.46. The first kappa shape index (κ1) is 12.3. The lowest BCUT2D eigenvalue weighted by Gasteiger charge is -2.15. The highest BCUT2D eigenvalue weighted by atomic mass is 79.9. The van der Waals surface area contributed by atoms with E-state index < -0.39 is 6.10 Å². The molecule has 0 aliphatic rings. The summed E-state index contributed by atoms with van der Waals surface area (Å²) in [6.45, 7) is 0.161. The molecule has 0 aromatic heterocycles. The first-order chi connectivity index (χ1) is 7.15. The number of hydrogen-bond acceptors (Lipinski definition) is 4. The zero-order valence-electron chi connectivity index (χ0n) is 8.66. The van der Waals surface area contributed by atoms with Crippen molar-refractivity contribution in [1.82, 2.24) is 0 Å². The van der Waals surface area contributed by atoms with Crippen LogP contribution in [0.15, 0.2) is 16.6 Å². The Hall–Kier alpha value is -0.780. The molecule has 1 atom stereocenters. The highest BCUT2D eigenvalue weighted by Crippen LogP contribution is 2.39. The smallest absolute Gasteiger partial charge is 0.175 e. The van der Waals surface area contributed by atoms with Gasteiger partial charge in [-0.05, 0) is 27.6 Å². The van der Waals surface area contributed by atoms with Gasteiger partial charge in [0, 0.05) is 6.54 Å². The Morgan fingerprint density at radius 1 is 1.40 bits per heavy atom. The number of aliphatic hydroxyl groups is 1. The van der Waals surface area contributed by atoms with Gasteiger partial charge in [-0.15, -0.1) is 0 Å². The highest BCUT2D eigenvalue weighted by molar-refractivity contribution is 9.10. The third-order valence-corrected chi connectivity index (χ3v) is 2.92. The molecule has 0 amide bonds. The maximum Gasteiger partial charge on any atom is 0.175 e. The Kier molecular flexibility index (Phi) is 4.38. The van der Waals surface area contributed by atoms with Gasteiger partial charge in [0.2, 0.25) is 0 Å². The number of ether oxygens (including phenoxy) is 2. The first-order valence-corrected chi connectivity index (χ1v) is 5.23.